The van der Waals surface area contributed by atoms with Gasteiger partial charge in [-0.1, -0.05) is 36.7 Å². The van der Waals surface area contributed by atoms with Crippen molar-refractivity contribution in [3.05, 3.63) is 71.0 Å². The van der Waals surface area contributed by atoms with Crippen molar-refractivity contribution in [2.24, 2.45) is 0 Å². The van der Waals surface area contributed by atoms with Crippen LogP contribution in [0.25, 0.3) is 11.5 Å². The van der Waals surface area contributed by atoms with Gasteiger partial charge in [-0.3, -0.25) is 4.98 Å². The molecule has 0 bridgehead atoms. The molecule has 0 aliphatic heterocycles. The van der Waals surface area contributed by atoms with Crippen LogP contribution in [0.2, 0.25) is 5.02 Å². The third-order valence-corrected chi connectivity index (χ3v) is 4.03. The van der Waals surface area contributed by atoms with Crippen molar-refractivity contribution in [2.45, 2.75) is 19.4 Å². The summed E-state index contributed by atoms with van der Waals surface area (Å²) in [6, 6.07) is 14.6. The number of nitrogens with one attached hydrogen (secondary N) is 1. The van der Waals surface area contributed by atoms with E-state index in [9.17, 15) is 5.11 Å². The van der Waals surface area contributed by atoms with Gasteiger partial charge in [0.25, 0.3) is 0 Å². The van der Waals surface area contributed by atoms with Gasteiger partial charge in [-0.15, -0.1) is 0 Å². The Hall–Kier alpha value is -2.50. The van der Waals surface area contributed by atoms with E-state index in [0.29, 0.717) is 22.4 Å². The largest absolute Gasteiger partial charge is 0.394 e. The van der Waals surface area contributed by atoms with Gasteiger partial charge < -0.3 is 10.4 Å². The van der Waals surface area contributed by atoms with Crippen LogP contribution < -0.4 is 5.32 Å². The fourth-order valence-electron chi connectivity index (χ4n) is 2.50. The third-order valence-electron chi connectivity index (χ3n) is 3.79. The molecule has 0 unspecified atom stereocenters. The molecule has 1 aromatic carbocycles. The van der Waals surface area contributed by atoms with E-state index in [1.807, 2.05) is 49.4 Å². The number of aliphatic hydroxyl groups excluding tert-OH is 1. The van der Waals surface area contributed by atoms with Gasteiger partial charge in [-0.25, -0.2) is 9.97 Å². The number of pyridine rings is 1. The van der Waals surface area contributed by atoms with Crippen molar-refractivity contribution in [1.82, 2.24) is 15.0 Å². The summed E-state index contributed by atoms with van der Waals surface area (Å²) in [6.45, 7) is 1.96. The molecule has 0 fully saturated rings. The fourth-order valence-corrected chi connectivity index (χ4v) is 2.70. The van der Waals surface area contributed by atoms with Crippen LogP contribution in [0.5, 0.6) is 0 Å². The van der Waals surface area contributed by atoms with Crippen LogP contribution in [0.3, 0.4) is 0 Å². The van der Waals surface area contributed by atoms with Gasteiger partial charge in [-0.2, -0.15) is 0 Å². The second-order valence-corrected chi connectivity index (χ2v) is 6.01. The monoisotopic (exact) mass is 354 g/mol. The molecule has 0 aliphatic rings. The molecule has 2 N–H and O–H groups in total. The van der Waals surface area contributed by atoms with E-state index in [0.717, 1.165) is 17.7 Å². The number of aryl methyl sites for hydroxylation is 1. The number of benzene rings is 1. The Morgan fingerprint density at radius 1 is 1.12 bits per heavy atom. The van der Waals surface area contributed by atoms with E-state index in [1.54, 1.807) is 12.3 Å². The Kier molecular flexibility index (Phi) is 5.58. The summed E-state index contributed by atoms with van der Waals surface area (Å²) < 4.78 is 0. The van der Waals surface area contributed by atoms with Gasteiger partial charge in [0.2, 0.25) is 0 Å². The van der Waals surface area contributed by atoms with E-state index < -0.39 is 0 Å². The average Bonchev–Trinajstić information content (AvgIpc) is 2.66. The van der Waals surface area contributed by atoms with Crippen molar-refractivity contribution in [3.63, 3.8) is 0 Å². The van der Waals surface area contributed by atoms with Crippen LogP contribution >= 0.6 is 11.6 Å². The quantitative estimate of drug-likeness (QED) is 0.702. The maximum atomic E-state index is 9.78. The lowest BCUT2D eigenvalue weighted by atomic mass is 10.1. The molecule has 25 heavy (non-hydrogen) atoms. The van der Waals surface area contributed by atoms with E-state index in [1.165, 1.54) is 0 Å². The van der Waals surface area contributed by atoms with Gasteiger partial charge in [0, 0.05) is 23.0 Å². The molecule has 0 radical (unpaired) electrons. The van der Waals surface area contributed by atoms with Crippen molar-refractivity contribution < 1.29 is 5.11 Å². The molecular formula is C19H19ClN4O. The molecule has 128 valence electrons. The Bertz CT molecular complexity index is 842. The van der Waals surface area contributed by atoms with Crippen LogP contribution in [-0.4, -0.2) is 26.7 Å². The van der Waals surface area contributed by atoms with Crippen LogP contribution in [0.1, 0.15) is 24.2 Å². The van der Waals surface area contributed by atoms with Crippen molar-refractivity contribution in [1.29, 1.82) is 0 Å². The molecular weight excluding hydrogens is 336 g/mol. The minimum absolute atomic E-state index is 0.0786. The van der Waals surface area contributed by atoms with Gasteiger partial charge in [0.05, 0.1) is 12.6 Å². The fraction of sp³-hybridized carbons (Fsp3) is 0.211. The molecule has 3 rings (SSSR count). The predicted octanol–water partition coefficient (Wildman–Crippen LogP) is 3.90. The van der Waals surface area contributed by atoms with Gasteiger partial charge in [0.1, 0.15) is 11.5 Å². The first-order chi connectivity index (χ1) is 12.2. The first kappa shape index (κ1) is 17.3. The molecule has 3 aromatic rings. The molecule has 2 heterocycles. The van der Waals surface area contributed by atoms with Crippen LogP contribution in [0.15, 0.2) is 54.7 Å². The number of rotatable bonds is 6. The number of hydrogen-bond donors (Lipinski definition) is 2. The molecule has 0 amide bonds. The highest BCUT2D eigenvalue weighted by molar-refractivity contribution is 6.30. The van der Waals surface area contributed by atoms with E-state index in [-0.39, 0.29) is 12.6 Å². The molecule has 1 atom stereocenters. The maximum absolute atomic E-state index is 9.78. The summed E-state index contributed by atoms with van der Waals surface area (Å²) in [7, 11) is 0. The maximum Gasteiger partial charge on any atom is 0.180 e. The van der Waals surface area contributed by atoms with E-state index in [2.05, 4.69) is 20.3 Å². The number of hydrogen-bond acceptors (Lipinski definition) is 5. The average molecular weight is 355 g/mol. The predicted molar refractivity (Wildman–Crippen MR) is 99.5 cm³/mol. The van der Waals surface area contributed by atoms with Crippen LogP contribution in [0.4, 0.5) is 5.82 Å². The zero-order valence-electron chi connectivity index (χ0n) is 13.9. The lowest BCUT2D eigenvalue weighted by molar-refractivity contribution is 0.276. The Morgan fingerprint density at radius 3 is 2.68 bits per heavy atom. The lowest BCUT2D eigenvalue weighted by Crippen LogP contribution is -2.16. The van der Waals surface area contributed by atoms with Crippen LogP contribution in [-0.2, 0) is 6.42 Å². The van der Waals surface area contributed by atoms with Crippen LogP contribution in [0, 0.1) is 0 Å². The minimum atomic E-state index is -0.310. The SMILES string of the molecule is CCc1cc(N[C@H](CO)c2cccc(Cl)c2)nc(-c2ccccn2)n1. The standard InChI is InChI=1S/C19H19ClN4O/c1-2-15-11-18(24-19(22-15)16-8-3-4-9-21-16)23-17(12-25)13-6-5-7-14(20)10-13/h3-11,17,25H,2,12H2,1H3,(H,22,23,24)/t17-/m1/s1. The first-order valence-electron chi connectivity index (χ1n) is 8.12. The summed E-state index contributed by atoms with van der Waals surface area (Å²) in [4.78, 5) is 13.4. The molecule has 2 aromatic heterocycles. The summed E-state index contributed by atoms with van der Waals surface area (Å²) in [5.74, 6) is 1.21. The Morgan fingerprint density at radius 2 is 2.00 bits per heavy atom. The van der Waals surface area contributed by atoms with Gasteiger partial charge in [0.15, 0.2) is 5.82 Å². The number of aliphatic hydroxyl groups is 1. The van der Waals surface area contributed by atoms with E-state index in [4.69, 9.17) is 11.6 Å². The lowest BCUT2D eigenvalue weighted by Gasteiger charge is -2.18. The molecule has 0 spiro atoms. The van der Waals surface area contributed by atoms with Crippen molar-refractivity contribution in [3.8, 4) is 11.5 Å². The Labute approximate surface area is 151 Å². The first-order valence-corrected chi connectivity index (χ1v) is 8.49. The second kappa shape index (κ2) is 8.05. The number of halogens is 1. The van der Waals surface area contributed by atoms with E-state index >= 15 is 0 Å². The molecule has 6 heteroatoms. The minimum Gasteiger partial charge on any atom is -0.394 e. The summed E-state index contributed by atoms with van der Waals surface area (Å²) in [6.07, 6.45) is 2.49. The van der Waals surface area contributed by atoms with Gasteiger partial charge in [-0.05, 0) is 36.2 Å². The highest BCUT2D eigenvalue weighted by Crippen LogP contribution is 2.23. The summed E-state index contributed by atoms with van der Waals surface area (Å²) in [5, 5.41) is 13.7. The van der Waals surface area contributed by atoms with Crippen molar-refractivity contribution in [2.75, 3.05) is 11.9 Å². The molecule has 0 aliphatic carbocycles. The zero-order valence-corrected chi connectivity index (χ0v) is 14.6. The molecule has 0 saturated heterocycles. The molecule has 0 saturated carbocycles. The second-order valence-electron chi connectivity index (χ2n) is 5.57. The normalized spacial score (nSPS) is 12.0. The highest BCUT2D eigenvalue weighted by atomic mass is 35.5. The topological polar surface area (TPSA) is 70.9 Å². The third kappa shape index (κ3) is 4.32. The number of anilines is 1. The smallest absolute Gasteiger partial charge is 0.180 e. The Balaban J connectivity index is 1.93. The number of aromatic nitrogens is 3. The van der Waals surface area contributed by atoms with Gasteiger partial charge >= 0.3 is 0 Å². The zero-order chi connectivity index (χ0) is 17.6. The summed E-state index contributed by atoms with van der Waals surface area (Å²) in [5.41, 5.74) is 2.51. The number of nitrogens with zero attached hydrogens (tertiary/aromatic N) is 3. The van der Waals surface area contributed by atoms with Crippen molar-refractivity contribution >= 4 is 17.4 Å². The molecule has 5 nitrogen and oxygen atoms in total. The highest BCUT2D eigenvalue weighted by Gasteiger charge is 2.14. The summed E-state index contributed by atoms with van der Waals surface area (Å²) >= 11 is 6.06.